The van der Waals surface area contributed by atoms with Gasteiger partial charge in [0.2, 0.25) is 0 Å². The summed E-state index contributed by atoms with van der Waals surface area (Å²) >= 11 is 5.97. The summed E-state index contributed by atoms with van der Waals surface area (Å²) in [4.78, 5) is 2.35. The summed E-state index contributed by atoms with van der Waals surface area (Å²) in [5.41, 5.74) is 0. The Labute approximate surface area is 134 Å². The number of piperidine rings is 1. The molecule has 2 rings (SSSR count). The van der Waals surface area contributed by atoms with Crippen molar-refractivity contribution in [1.82, 2.24) is 13.5 Å². The maximum absolute atomic E-state index is 12.8. The SMILES string of the molecule is CC(C)CN1CCN(S(=O)(=O)N2CCCCC2CCl)CC1. The van der Waals surface area contributed by atoms with E-state index < -0.39 is 10.2 Å². The highest BCUT2D eigenvalue weighted by atomic mass is 35.5. The van der Waals surface area contributed by atoms with E-state index in [1.165, 1.54) is 0 Å². The maximum atomic E-state index is 12.8. The van der Waals surface area contributed by atoms with Gasteiger partial charge in [0.25, 0.3) is 10.2 Å². The lowest BCUT2D eigenvalue weighted by Crippen LogP contribution is -2.56. The quantitative estimate of drug-likeness (QED) is 0.716. The molecule has 2 aliphatic heterocycles. The molecule has 0 amide bonds. The fraction of sp³-hybridized carbons (Fsp3) is 1.00. The minimum Gasteiger partial charge on any atom is -0.300 e. The third-order valence-electron chi connectivity index (χ3n) is 4.33. The van der Waals surface area contributed by atoms with Gasteiger partial charge in [-0.2, -0.15) is 17.0 Å². The standard InChI is InChI=1S/C14H28ClN3O2S/c1-13(2)12-16-7-9-17(10-8-16)21(19,20)18-6-4-3-5-14(18)11-15/h13-14H,3-12H2,1-2H3. The second kappa shape index (κ2) is 7.59. The smallest absolute Gasteiger partial charge is 0.282 e. The normalized spacial score (nSPS) is 27.3. The van der Waals surface area contributed by atoms with E-state index in [4.69, 9.17) is 11.6 Å². The number of rotatable bonds is 5. The number of nitrogens with zero attached hydrogens (tertiary/aromatic N) is 3. The van der Waals surface area contributed by atoms with E-state index in [1.807, 2.05) is 0 Å². The lowest BCUT2D eigenvalue weighted by molar-refractivity contribution is 0.160. The van der Waals surface area contributed by atoms with Crippen molar-refractivity contribution in [2.24, 2.45) is 5.92 Å². The number of alkyl halides is 1. The van der Waals surface area contributed by atoms with Crippen molar-refractivity contribution in [3.05, 3.63) is 0 Å². The Bertz CT molecular complexity index is 422. The highest BCUT2D eigenvalue weighted by Crippen LogP contribution is 2.24. The summed E-state index contributed by atoms with van der Waals surface area (Å²) in [6.45, 7) is 8.91. The van der Waals surface area contributed by atoms with Crippen LogP contribution in [0.4, 0.5) is 0 Å². The first-order chi connectivity index (χ1) is 9.95. The van der Waals surface area contributed by atoms with E-state index in [-0.39, 0.29) is 6.04 Å². The molecule has 2 saturated heterocycles. The third-order valence-corrected chi connectivity index (χ3v) is 6.78. The van der Waals surface area contributed by atoms with E-state index in [0.29, 0.717) is 31.4 Å². The third kappa shape index (κ3) is 4.32. The van der Waals surface area contributed by atoms with Crippen molar-refractivity contribution in [2.75, 3.05) is 45.1 Å². The van der Waals surface area contributed by atoms with Gasteiger partial charge in [0.1, 0.15) is 0 Å². The molecular weight excluding hydrogens is 310 g/mol. The van der Waals surface area contributed by atoms with Crippen LogP contribution in [0.3, 0.4) is 0 Å². The van der Waals surface area contributed by atoms with Crippen molar-refractivity contribution >= 4 is 21.8 Å². The Balaban J connectivity index is 1.97. The van der Waals surface area contributed by atoms with Crippen molar-refractivity contribution in [2.45, 2.75) is 39.2 Å². The predicted octanol–water partition coefficient (Wildman–Crippen LogP) is 1.60. The highest BCUT2D eigenvalue weighted by molar-refractivity contribution is 7.86. The van der Waals surface area contributed by atoms with Crippen LogP contribution in [0.1, 0.15) is 33.1 Å². The van der Waals surface area contributed by atoms with Gasteiger partial charge in [-0.25, -0.2) is 0 Å². The molecule has 0 aliphatic carbocycles. The molecule has 0 bridgehead atoms. The number of hydrogen-bond donors (Lipinski definition) is 0. The molecule has 7 heteroatoms. The van der Waals surface area contributed by atoms with E-state index in [2.05, 4.69) is 18.7 Å². The Morgan fingerprint density at radius 2 is 1.76 bits per heavy atom. The van der Waals surface area contributed by atoms with Gasteiger partial charge in [-0.15, -0.1) is 11.6 Å². The second-order valence-electron chi connectivity index (χ2n) is 6.52. The average molecular weight is 338 g/mol. The molecule has 1 atom stereocenters. The second-order valence-corrected chi connectivity index (χ2v) is 8.71. The molecule has 0 spiro atoms. The Kier molecular flexibility index (Phi) is 6.32. The maximum Gasteiger partial charge on any atom is 0.282 e. The van der Waals surface area contributed by atoms with E-state index in [0.717, 1.165) is 38.9 Å². The molecule has 0 aromatic heterocycles. The summed E-state index contributed by atoms with van der Waals surface area (Å²) in [5, 5.41) is 0. The van der Waals surface area contributed by atoms with Crippen molar-refractivity contribution < 1.29 is 8.42 Å². The molecule has 2 heterocycles. The molecule has 21 heavy (non-hydrogen) atoms. The van der Waals surface area contributed by atoms with E-state index >= 15 is 0 Å². The van der Waals surface area contributed by atoms with Gasteiger partial charge >= 0.3 is 0 Å². The lowest BCUT2D eigenvalue weighted by atomic mass is 10.1. The van der Waals surface area contributed by atoms with Gasteiger partial charge in [0.15, 0.2) is 0 Å². The minimum absolute atomic E-state index is 0.0286. The fourth-order valence-electron chi connectivity index (χ4n) is 3.24. The summed E-state index contributed by atoms with van der Waals surface area (Å²) in [6.07, 6.45) is 2.90. The van der Waals surface area contributed by atoms with Gasteiger partial charge in [-0.1, -0.05) is 20.3 Å². The summed E-state index contributed by atoms with van der Waals surface area (Å²) in [5.74, 6) is 1.02. The van der Waals surface area contributed by atoms with Crippen LogP contribution in [-0.4, -0.2) is 73.1 Å². The molecule has 5 nitrogen and oxygen atoms in total. The van der Waals surface area contributed by atoms with E-state index in [9.17, 15) is 8.42 Å². The van der Waals surface area contributed by atoms with Gasteiger partial charge in [0.05, 0.1) is 0 Å². The Hall–Kier alpha value is 0.120. The molecular formula is C14H28ClN3O2S. The number of piperazine rings is 1. The van der Waals surface area contributed by atoms with Crippen molar-refractivity contribution in [1.29, 1.82) is 0 Å². The van der Waals surface area contributed by atoms with Crippen LogP contribution in [0.15, 0.2) is 0 Å². The molecule has 124 valence electrons. The van der Waals surface area contributed by atoms with Crippen molar-refractivity contribution in [3.63, 3.8) is 0 Å². The van der Waals surface area contributed by atoms with Crippen molar-refractivity contribution in [3.8, 4) is 0 Å². The number of halogens is 1. The summed E-state index contributed by atoms with van der Waals surface area (Å²) in [6, 6.07) is -0.0286. The molecule has 0 N–H and O–H groups in total. The fourth-order valence-corrected chi connectivity index (χ4v) is 5.48. The van der Waals surface area contributed by atoms with E-state index in [1.54, 1.807) is 8.61 Å². The Morgan fingerprint density at radius 1 is 1.10 bits per heavy atom. The Morgan fingerprint density at radius 3 is 2.33 bits per heavy atom. The average Bonchev–Trinajstić information content (AvgIpc) is 2.47. The minimum atomic E-state index is -3.34. The van der Waals surface area contributed by atoms with Crippen LogP contribution in [-0.2, 0) is 10.2 Å². The first kappa shape index (κ1) is 17.5. The molecule has 0 aromatic carbocycles. The molecule has 0 saturated carbocycles. The topological polar surface area (TPSA) is 43.9 Å². The molecule has 2 fully saturated rings. The molecule has 1 unspecified atom stereocenters. The van der Waals surface area contributed by atoms with Crippen LogP contribution < -0.4 is 0 Å². The van der Waals surface area contributed by atoms with Gasteiger partial charge in [-0.3, -0.25) is 0 Å². The zero-order valence-corrected chi connectivity index (χ0v) is 14.7. The zero-order chi connectivity index (χ0) is 15.5. The highest BCUT2D eigenvalue weighted by Gasteiger charge is 2.37. The molecule has 0 radical (unpaired) electrons. The first-order valence-corrected chi connectivity index (χ1v) is 9.93. The molecule has 2 aliphatic rings. The van der Waals surface area contributed by atoms with Crippen LogP contribution in [0.5, 0.6) is 0 Å². The first-order valence-electron chi connectivity index (χ1n) is 8.00. The monoisotopic (exact) mass is 337 g/mol. The molecule has 0 aromatic rings. The van der Waals surface area contributed by atoms with Crippen LogP contribution in [0, 0.1) is 5.92 Å². The number of hydrogen-bond acceptors (Lipinski definition) is 3. The van der Waals surface area contributed by atoms with Gasteiger partial charge in [-0.05, 0) is 18.8 Å². The van der Waals surface area contributed by atoms with Crippen LogP contribution in [0.2, 0.25) is 0 Å². The van der Waals surface area contributed by atoms with Gasteiger partial charge < -0.3 is 4.90 Å². The summed E-state index contributed by atoms with van der Waals surface area (Å²) < 4.78 is 28.9. The largest absolute Gasteiger partial charge is 0.300 e. The van der Waals surface area contributed by atoms with Gasteiger partial charge in [0, 0.05) is 51.2 Å². The van der Waals surface area contributed by atoms with Crippen LogP contribution >= 0.6 is 11.6 Å². The lowest BCUT2D eigenvalue weighted by Gasteiger charge is -2.40. The predicted molar refractivity (Wildman–Crippen MR) is 86.8 cm³/mol. The van der Waals surface area contributed by atoms with Crippen LogP contribution in [0.25, 0.3) is 0 Å². The zero-order valence-electron chi connectivity index (χ0n) is 13.2. The summed E-state index contributed by atoms with van der Waals surface area (Å²) in [7, 11) is -3.34.